The number of benzene rings is 2. The van der Waals surface area contributed by atoms with Crippen molar-refractivity contribution in [3.8, 4) is 17.2 Å². The highest BCUT2D eigenvalue weighted by Crippen LogP contribution is 2.26. The van der Waals surface area contributed by atoms with Gasteiger partial charge < -0.3 is 14.1 Å². The molecule has 30 heavy (non-hydrogen) atoms. The molecule has 1 aromatic heterocycles. The zero-order valence-electron chi connectivity index (χ0n) is 16.3. The van der Waals surface area contributed by atoms with Crippen molar-refractivity contribution in [1.82, 2.24) is 15.1 Å². The van der Waals surface area contributed by atoms with Crippen LogP contribution in [0.15, 0.2) is 52.9 Å². The topological polar surface area (TPSA) is 68.5 Å². The molecule has 1 aliphatic rings. The highest BCUT2D eigenvalue weighted by Gasteiger charge is 2.28. The van der Waals surface area contributed by atoms with E-state index in [0.717, 1.165) is 31.2 Å². The highest BCUT2D eigenvalue weighted by molar-refractivity contribution is 6.30. The lowest BCUT2D eigenvalue weighted by atomic mass is 10.2. The molecule has 4 rings (SSSR count). The smallest absolute Gasteiger partial charge is 0.261 e. The van der Waals surface area contributed by atoms with E-state index in [1.807, 2.05) is 0 Å². The van der Waals surface area contributed by atoms with Crippen LogP contribution in [0.3, 0.4) is 0 Å². The largest absolute Gasteiger partial charge is 0.484 e. The molecule has 0 bridgehead atoms. The summed E-state index contributed by atoms with van der Waals surface area (Å²) in [6.07, 6.45) is 3.98. The molecule has 156 valence electrons. The molecule has 1 fully saturated rings. The van der Waals surface area contributed by atoms with E-state index in [2.05, 4.69) is 10.2 Å². The van der Waals surface area contributed by atoms with E-state index in [4.69, 9.17) is 20.8 Å². The molecule has 0 unspecified atom stereocenters. The highest BCUT2D eigenvalue weighted by atomic mass is 35.5. The minimum atomic E-state index is -0.409. The van der Waals surface area contributed by atoms with E-state index in [0.29, 0.717) is 22.6 Å². The van der Waals surface area contributed by atoms with Crippen molar-refractivity contribution in [2.45, 2.75) is 38.3 Å². The van der Waals surface area contributed by atoms with Crippen LogP contribution in [0.4, 0.5) is 4.39 Å². The Labute approximate surface area is 178 Å². The number of carbonyl (C=O) groups is 1. The van der Waals surface area contributed by atoms with Crippen LogP contribution in [0.25, 0.3) is 11.5 Å². The average molecular weight is 430 g/mol. The third-order valence-corrected chi connectivity index (χ3v) is 5.36. The number of carbonyl (C=O) groups excluding carboxylic acids is 1. The molecule has 0 N–H and O–H groups in total. The molecule has 0 atom stereocenters. The predicted octanol–water partition coefficient (Wildman–Crippen LogP) is 4.88. The molecule has 1 heterocycles. The van der Waals surface area contributed by atoms with Gasteiger partial charge in [-0.3, -0.25) is 4.79 Å². The van der Waals surface area contributed by atoms with Gasteiger partial charge in [0.2, 0.25) is 11.8 Å². The van der Waals surface area contributed by atoms with Gasteiger partial charge in [0.05, 0.1) is 6.54 Å². The summed E-state index contributed by atoms with van der Waals surface area (Å²) in [5.41, 5.74) is 0.756. The lowest BCUT2D eigenvalue weighted by molar-refractivity contribution is -0.136. The summed E-state index contributed by atoms with van der Waals surface area (Å²) < 4.78 is 24.6. The van der Waals surface area contributed by atoms with Crippen molar-refractivity contribution in [3.05, 3.63) is 65.3 Å². The van der Waals surface area contributed by atoms with Crippen molar-refractivity contribution in [2.75, 3.05) is 6.61 Å². The standard InChI is InChI=1S/C22H21ClFN3O3/c23-16-10-8-15(9-11-16)22-26-25-20(30-22)13-27(18-5-1-2-6-18)21(28)14-29-19-7-3-4-17(24)12-19/h3-4,7-12,18H,1-2,5-6,13-14H2. The number of hydrogen-bond donors (Lipinski definition) is 0. The third kappa shape index (κ3) is 4.97. The number of rotatable bonds is 7. The number of hydrogen-bond acceptors (Lipinski definition) is 5. The Bertz CT molecular complexity index is 1000. The Hall–Kier alpha value is -2.93. The summed E-state index contributed by atoms with van der Waals surface area (Å²) in [7, 11) is 0. The van der Waals surface area contributed by atoms with Gasteiger partial charge in [-0.05, 0) is 49.2 Å². The van der Waals surface area contributed by atoms with E-state index < -0.39 is 5.82 Å². The maximum Gasteiger partial charge on any atom is 0.261 e. The molecule has 3 aromatic rings. The van der Waals surface area contributed by atoms with Gasteiger partial charge in [-0.1, -0.05) is 30.5 Å². The van der Waals surface area contributed by atoms with E-state index in [-0.39, 0.29) is 25.1 Å². The van der Waals surface area contributed by atoms with Crippen molar-refractivity contribution >= 4 is 17.5 Å². The first-order chi connectivity index (χ1) is 14.6. The van der Waals surface area contributed by atoms with Crippen LogP contribution in [-0.4, -0.2) is 33.7 Å². The second-order valence-corrected chi connectivity index (χ2v) is 7.65. The summed E-state index contributed by atoms with van der Waals surface area (Å²) in [6.45, 7) is 0.0226. The summed E-state index contributed by atoms with van der Waals surface area (Å²) in [4.78, 5) is 14.6. The van der Waals surface area contributed by atoms with E-state index in [1.165, 1.54) is 12.1 Å². The molecular weight excluding hydrogens is 409 g/mol. The maximum absolute atomic E-state index is 13.3. The van der Waals surface area contributed by atoms with Gasteiger partial charge in [-0.25, -0.2) is 4.39 Å². The van der Waals surface area contributed by atoms with E-state index >= 15 is 0 Å². The Morgan fingerprint density at radius 2 is 1.93 bits per heavy atom. The van der Waals surface area contributed by atoms with Crippen molar-refractivity contribution in [2.24, 2.45) is 0 Å². The van der Waals surface area contributed by atoms with Gasteiger partial charge >= 0.3 is 0 Å². The van der Waals surface area contributed by atoms with Gasteiger partial charge in [0.25, 0.3) is 5.91 Å². The fraction of sp³-hybridized carbons (Fsp3) is 0.318. The van der Waals surface area contributed by atoms with Gasteiger partial charge in [-0.2, -0.15) is 0 Å². The lowest BCUT2D eigenvalue weighted by Gasteiger charge is -2.27. The van der Waals surface area contributed by atoms with Crippen LogP contribution >= 0.6 is 11.6 Å². The number of halogens is 2. The molecule has 6 nitrogen and oxygen atoms in total. The summed E-state index contributed by atoms with van der Waals surface area (Å²) >= 11 is 5.92. The number of nitrogens with zero attached hydrogens (tertiary/aromatic N) is 3. The molecule has 0 spiro atoms. The monoisotopic (exact) mass is 429 g/mol. The second-order valence-electron chi connectivity index (χ2n) is 7.21. The molecule has 8 heteroatoms. The predicted molar refractivity (Wildman–Crippen MR) is 109 cm³/mol. The Morgan fingerprint density at radius 1 is 1.17 bits per heavy atom. The van der Waals surface area contributed by atoms with Gasteiger partial charge in [0, 0.05) is 22.7 Å². The molecule has 1 saturated carbocycles. The SMILES string of the molecule is O=C(COc1cccc(F)c1)N(Cc1nnc(-c2ccc(Cl)cc2)o1)C1CCCC1. The molecule has 0 aliphatic heterocycles. The third-order valence-electron chi connectivity index (χ3n) is 5.11. The molecule has 0 saturated heterocycles. The Balaban J connectivity index is 1.46. The minimum Gasteiger partial charge on any atom is -0.484 e. The zero-order chi connectivity index (χ0) is 20.9. The first-order valence-corrected chi connectivity index (χ1v) is 10.2. The van der Waals surface area contributed by atoms with Crippen LogP contribution in [-0.2, 0) is 11.3 Å². The fourth-order valence-corrected chi connectivity index (χ4v) is 3.72. The van der Waals surface area contributed by atoms with Crippen molar-refractivity contribution in [1.29, 1.82) is 0 Å². The normalized spacial score (nSPS) is 14.1. The van der Waals surface area contributed by atoms with Crippen LogP contribution < -0.4 is 4.74 Å². The number of ether oxygens (including phenoxy) is 1. The molecular formula is C22H21ClFN3O3. The number of amides is 1. The van der Waals surface area contributed by atoms with Crippen LogP contribution in [0, 0.1) is 5.82 Å². The van der Waals surface area contributed by atoms with Crippen LogP contribution in [0.1, 0.15) is 31.6 Å². The second kappa shape index (κ2) is 9.26. The molecule has 2 aromatic carbocycles. The molecule has 0 radical (unpaired) electrons. The minimum absolute atomic E-state index is 0.0968. The average Bonchev–Trinajstić information content (AvgIpc) is 3.43. The van der Waals surface area contributed by atoms with Crippen molar-refractivity contribution in [3.63, 3.8) is 0 Å². The van der Waals surface area contributed by atoms with Gasteiger partial charge in [-0.15, -0.1) is 10.2 Å². The molecule has 1 amide bonds. The Kier molecular flexibility index (Phi) is 6.28. The van der Waals surface area contributed by atoms with E-state index in [1.54, 1.807) is 41.3 Å². The first-order valence-electron chi connectivity index (χ1n) is 9.84. The zero-order valence-corrected chi connectivity index (χ0v) is 17.0. The lowest BCUT2D eigenvalue weighted by Crippen LogP contribution is -2.41. The van der Waals surface area contributed by atoms with Crippen LogP contribution in [0.5, 0.6) is 5.75 Å². The summed E-state index contributed by atoms with van der Waals surface area (Å²) in [6, 6.07) is 12.9. The van der Waals surface area contributed by atoms with Crippen molar-refractivity contribution < 1.29 is 18.3 Å². The van der Waals surface area contributed by atoms with Crippen LogP contribution in [0.2, 0.25) is 5.02 Å². The summed E-state index contributed by atoms with van der Waals surface area (Å²) in [5.74, 6) is 0.436. The Morgan fingerprint density at radius 3 is 2.67 bits per heavy atom. The quantitative estimate of drug-likeness (QED) is 0.535. The van der Waals surface area contributed by atoms with E-state index in [9.17, 15) is 9.18 Å². The fourth-order valence-electron chi connectivity index (χ4n) is 3.59. The maximum atomic E-state index is 13.3. The number of aromatic nitrogens is 2. The van der Waals surface area contributed by atoms with Gasteiger partial charge in [0.15, 0.2) is 6.61 Å². The van der Waals surface area contributed by atoms with Gasteiger partial charge in [0.1, 0.15) is 11.6 Å². The molecule has 1 aliphatic carbocycles. The first kappa shape index (κ1) is 20.3. The summed E-state index contributed by atoms with van der Waals surface area (Å²) in [5, 5.41) is 8.81.